The number of carbonyl (C=O) groups excluding carboxylic acids is 1. The van der Waals surface area contributed by atoms with Crippen LogP contribution in [0.25, 0.3) is 0 Å². The van der Waals surface area contributed by atoms with Crippen molar-refractivity contribution in [2.24, 2.45) is 5.41 Å². The summed E-state index contributed by atoms with van der Waals surface area (Å²) in [6.07, 6.45) is 7.93. The summed E-state index contributed by atoms with van der Waals surface area (Å²) in [7, 11) is 0. The van der Waals surface area contributed by atoms with Crippen LogP contribution in [-0.4, -0.2) is 5.97 Å². The number of carbonyl (C=O) groups is 1. The molecule has 1 aromatic rings. The number of allylic oxidation sites excluding steroid dienone is 1. The Balaban J connectivity index is 1.97. The predicted octanol–water partition coefficient (Wildman–Crippen LogP) is 4.26. The monoisotopic (exact) mass is 258 g/mol. The zero-order chi connectivity index (χ0) is 13.6. The molecule has 0 radical (unpaired) electrons. The fourth-order valence-electron chi connectivity index (χ4n) is 2.87. The van der Waals surface area contributed by atoms with Crippen LogP contribution in [0.1, 0.15) is 44.1 Å². The second-order valence-electron chi connectivity index (χ2n) is 5.40. The largest absolute Gasteiger partial charge is 0.460 e. The average molecular weight is 258 g/mol. The molecular formula is C17H22O2. The summed E-state index contributed by atoms with van der Waals surface area (Å²) in [4.78, 5) is 12.4. The maximum Gasteiger partial charge on any atom is 0.312 e. The lowest BCUT2D eigenvalue weighted by Gasteiger charge is -2.34. The van der Waals surface area contributed by atoms with Gasteiger partial charge in [0.15, 0.2) is 0 Å². The third-order valence-electron chi connectivity index (χ3n) is 3.99. The molecule has 102 valence electrons. The molecule has 0 atom stereocenters. The number of benzene rings is 1. The summed E-state index contributed by atoms with van der Waals surface area (Å²) < 4.78 is 5.54. The molecule has 1 aliphatic rings. The third kappa shape index (κ3) is 3.46. The maximum atomic E-state index is 12.4. The lowest BCUT2D eigenvalue weighted by atomic mass is 9.72. The van der Waals surface area contributed by atoms with Gasteiger partial charge in [-0.05, 0) is 24.8 Å². The minimum Gasteiger partial charge on any atom is -0.460 e. The molecule has 0 aromatic heterocycles. The topological polar surface area (TPSA) is 26.3 Å². The van der Waals surface area contributed by atoms with Gasteiger partial charge in [-0.25, -0.2) is 0 Å². The smallest absolute Gasteiger partial charge is 0.312 e. The second kappa shape index (κ2) is 6.55. The molecule has 1 fully saturated rings. The molecule has 1 aliphatic carbocycles. The van der Waals surface area contributed by atoms with Crippen molar-refractivity contribution in [3.8, 4) is 0 Å². The molecule has 19 heavy (non-hydrogen) atoms. The number of hydrogen-bond donors (Lipinski definition) is 0. The molecule has 1 saturated carbocycles. The first kappa shape index (κ1) is 13.9. The summed E-state index contributed by atoms with van der Waals surface area (Å²) in [6.45, 7) is 4.17. The number of esters is 1. The Morgan fingerprint density at radius 1 is 1.21 bits per heavy atom. The molecule has 0 heterocycles. The first-order chi connectivity index (χ1) is 9.27. The Morgan fingerprint density at radius 3 is 2.53 bits per heavy atom. The zero-order valence-corrected chi connectivity index (χ0v) is 11.4. The second-order valence-corrected chi connectivity index (χ2v) is 5.40. The molecule has 0 spiro atoms. The van der Waals surface area contributed by atoms with E-state index in [2.05, 4.69) is 6.58 Å². The Hall–Kier alpha value is -1.57. The van der Waals surface area contributed by atoms with Crippen LogP contribution in [0.15, 0.2) is 43.0 Å². The van der Waals surface area contributed by atoms with Crippen molar-refractivity contribution in [1.29, 1.82) is 0 Å². The summed E-state index contributed by atoms with van der Waals surface area (Å²) in [5.74, 6) is -0.0454. The SMILES string of the molecule is C=CCC1(C(=O)OCc2ccccc2)CCCCC1. The highest BCUT2D eigenvalue weighted by Gasteiger charge is 2.39. The fourth-order valence-corrected chi connectivity index (χ4v) is 2.87. The molecule has 2 heteroatoms. The summed E-state index contributed by atoms with van der Waals surface area (Å²) in [5, 5.41) is 0. The normalized spacial score (nSPS) is 17.7. The molecule has 2 rings (SSSR count). The van der Waals surface area contributed by atoms with Crippen LogP contribution in [0.3, 0.4) is 0 Å². The van der Waals surface area contributed by atoms with Crippen LogP contribution < -0.4 is 0 Å². The minimum absolute atomic E-state index is 0.0454. The van der Waals surface area contributed by atoms with Gasteiger partial charge >= 0.3 is 5.97 Å². The highest BCUT2D eigenvalue weighted by molar-refractivity contribution is 5.77. The minimum atomic E-state index is -0.311. The molecule has 2 nitrogen and oxygen atoms in total. The molecule has 1 aromatic carbocycles. The number of ether oxygens (including phenoxy) is 1. The van der Waals surface area contributed by atoms with Gasteiger partial charge < -0.3 is 4.74 Å². The first-order valence-corrected chi connectivity index (χ1v) is 7.09. The van der Waals surface area contributed by atoms with Crippen LogP contribution in [0.5, 0.6) is 0 Å². The van der Waals surface area contributed by atoms with E-state index < -0.39 is 0 Å². The molecule has 0 saturated heterocycles. The van der Waals surface area contributed by atoms with Gasteiger partial charge in [0.2, 0.25) is 0 Å². The van der Waals surface area contributed by atoms with E-state index in [4.69, 9.17) is 4.74 Å². The van der Waals surface area contributed by atoms with Crippen LogP contribution in [-0.2, 0) is 16.1 Å². The van der Waals surface area contributed by atoms with Gasteiger partial charge in [0.05, 0.1) is 5.41 Å². The van der Waals surface area contributed by atoms with E-state index in [-0.39, 0.29) is 11.4 Å². The van der Waals surface area contributed by atoms with Gasteiger partial charge in [0.25, 0.3) is 0 Å². The lowest BCUT2D eigenvalue weighted by Crippen LogP contribution is -2.34. The van der Waals surface area contributed by atoms with Gasteiger partial charge in [-0.1, -0.05) is 55.7 Å². The van der Waals surface area contributed by atoms with Crippen molar-refractivity contribution < 1.29 is 9.53 Å². The summed E-state index contributed by atoms with van der Waals surface area (Å²) in [6, 6.07) is 9.85. The van der Waals surface area contributed by atoms with Gasteiger partial charge in [0, 0.05) is 0 Å². The van der Waals surface area contributed by atoms with E-state index in [0.717, 1.165) is 37.7 Å². The van der Waals surface area contributed by atoms with E-state index >= 15 is 0 Å². The van der Waals surface area contributed by atoms with Crippen molar-refractivity contribution in [3.05, 3.63) is 48.6 Å². The van der Waals surface area contributed by atoms with Crippen molar-refractivity contribution in [2.45, 2.75) is 45.1 Å². The average Bonchev–Trinajstić information content (AvgIpc) is 2.47. The third-order valence-corrected chi connectivity index (χ3v) is 3.99. The Labute approximate surface area is 115 Å². The molecule has 0 bridgehead atoms. The van der Waals surface area contributed by atoms with Crippen molar-refractivity contribution in [2.75, 3.05) is 0 Å². The number of rotatable bonds is 5. The van der Waals surface area contributed by atoms with E-state index in [1.54, 1.807) is 0 Å². The van der Waals surface area contributed by atoms with E-state index in [1.165, 1.54) is 6.42 Å². The molecule has 0 amide bonds. The van der Waals surface area contributed by atoms with Crippen LogP contribution in [0.4, 0.5) is 0 Å². The highest BCUT2D eigenvalue weighted by atomic mass is 16.5. The Morgan fingerprint density at radius 2 is 1.89 bits per heavy atom. The van der Waals surface area contributed by atoms with E-state index in [9.17, 15) is 4.79 Å². The van der Waals surface area contributed by atoms with Crippen LogP contribution in [0, 0.1) is 5.41 Å². The predicted molar refractivity (Wildman–Crippen MR) is 76.6 cm³/mol. The van der Waals surface area contributed by atoms with Crippen molar-refractivity contribution >= 4 is 5.97 Å². The van der Waals surface area contributed by atoms with E-state index in [1.807, 2.05) is 36.4 Å². The number of hydrogen-bond acceptors (Lipinski definition) is 2. The van der Waals surface area contributed by atoms with Gasteiger partial charge in [-0.2, -0.15) is 0 Å². The summed E-state index contributed by atoms with van der Waals surface area (Å²) >= 11 is 0. The van der Waals surface area contributed by atoms with Crippen LogP contribution >= 0.6 is 0 Å². The maximum absolute atomic E-state index is 12.4. The molecule has 0 unspecified atom stereocenters. The van der Waals surface area contributed by atoms with Crippen molar-refractivity contribution in [3.63, 3.8) is 0 Å². The quantitative estimate of drug-likeness (QED) is 0.583. The van der Waals surface area contributed by atoms with E-state index in [0.29, 0.717) is 6.61 Å². The first-order valence-electron chi connectivity index (χ1n) is 7.09. The van der Waals surface area contributed by atoms with Crippen molar-refractivity contribution in [1.82, 2.24) is 0 Å². The Bertz CT molecular complexity index is 416. The van der Waals surface area contributed by atoms with Gasteiger partial charge in [-0.15, -0.1) is 6.58 Å². The highest BCUT2D eigenvalue weighted by Crippen LogP contribution is 2.40. The standard InChI is InChI=1S/C17H22O2/c1-2-11-17(12-7-4-8-13-17)16(18)19-14-15-9-5-3-6-10-15/h2-3,5-6,9-10H,1,4,7-8,11-14H2. The van der Waals surface area contributed by atoms with Crippen LogP contribution in [0.2, 0.25) is 0 Å². The molecule has 0 N–H and O–H groups in total. The fraction of sp³-hybridized carbons (Fsp3) is 0.471. The van der Waals surface area contributed by atoms with Gasteiger partial charge in [0.1, 0.15) is 6.61 Å². The van der Waals surface area contributed by atoms with Gasteiger partial charge in [-0.3, -0.25) is 4.79 Å². The summed E-state index contributed by atoms with van der Waals surface area (Å²) in [5.41, 5.74) is 0.731. The molecule has 0 aliphatic heterocycles. The Kier molecular flexibility index (Phi) is 4.78. The molecular weight excluding hydrogens is 236 g/mol. The lowest BCUT2D eigenvalue weighted by molar-refractivity contribution is -0.159. The zero-order valence-electron chi connectivity index (χ0n) is 11.4.